The normalized spacial score (nSPS) is 11.3. The van der Waals surface area contributed by atoms with Gasteiger partial charge >= 0.3 is 0 Å². The Bertz CT molecular complexity index is 922. The van der Waals surface area contributed by atoms with Gasteiger partial charge in [-0.25, -0.2) is 9.98 Å². The Kier molecular flexibility index (Phi) is 6.51. The van der Waals surface area contributed by atoms with E-state index in [1.807, 2.05) is 48.5 Å². The van der Waals surface area contributed by atoms with E-state index in [0.29, 0.717) is 30.5 Å². The molecular weight excluding hydrogens is 354 g/mol. The number of aliphatic imine (C=N–C) groups is 1. The standard InChI is InChI=1S/C21H25N5O2/c1-27-18-9-8-15(12-19(18)28-2)10-11-23-21(22)25-14-20-24-13-17(26-20)16-6-4-3-5-7-16/h3-9,12-13H,10-11,14H2,1-2H3,(H,24,26)(H3,22,23,25). The summed E-state index contributed by atoms with van der Waals surface area (Å²) in [6.07, 6.45) is 2.59. The molecule has 7 nitrogen and oxygen atoms in total. The van der Waals surface area contributed by atoms with Crippen LogP contribution in [0.2, 0.25) is 0 Å². The van der Waals surface area contributed by atoms with Crippen LogP contribution in [0.15, 0.2) is 59.7 Å². The number of ether oxygens (including phenoxy) is 2. The fourth-order valence-corrected chi connectivity index (χ4v) is 2.79. The van der Waals surface area contributed by atoms with Crippen molar-refractivity contribution in [1.29, 1.82) is 0 Å². The second-order valence-corrected chi connectivity index (χ2v) is 6.18. The number of benzene rings is 2. The number of hydrogen-bond donors (Lipinski definition) is 3. The van der Waals surface area contributed by atoms with Crippen molar-refractivity contribution in [2.24, 2.45) is 10.7 Å². The molecule has 0 radical (unpaired) electrons. The number of nitrogens with one attached hydrogen (secondary N) is 2. The molecule has 0 spiro atoms. The van der Waals surface area contributed by atoms with Gasteiger partial charge in [0.1, 0.15) is 12.4 Å². The van der Waals surface area contributed by atoms with Crippen molar-refractivity contribution in [2.45, 2.75) is 13.0 Å². The van der Waals surface area contributed by atoms with Crippen LogP contribution in [0, 0.1) is 0 Å². The second-order valence-electron chi connectivity index (χ2n) is 6.18. The van der Waals surface area contributed by atoms with Gasteiger partial charge in [-0.2, -0.15) is 0 Å². The smallest absolute Gasteiger partial charge is 0.189 e. The molecule has 3 aromatic rings. The molecule has 4 N–H and O–H groups in total. The van der Waals surface area contributed by atoms with Gasteiger partial charge in [0.05, 0.1) is 26.1 Å². The number of hydrogen-bond acceptors (Lipinski definition) is 4. The van der Waals surface area contributed by atoms with Crippen molar-refractivity contribution < 1.29 is 9.47 Å². The van der Waals surface area contributed by atoms with Crippen LogP contribution in [-0.4, -0.2) is 36.7 Å². The first kappa shape index (κ1) is 19.3. The monoisotopic (exact) mass is 379 g/mol. The predicted molar refractivity (Wildman–Crippen MR) is 111 cm³/mol. The Labute approximate surface area is 164 Å². The van der Waals surface area contributed by atoms with Crippen molar-refractivity contribution in [3.63, 3.8) is 0 Å². The van der Waals surface area contributed by atoms with Crippen LogP contribution in [-0.2, 0) is 13.0 Å². The fourth-order valence-electron chi connectivity index (χ4n) is 2.79. The molecule has 0 unspecified atom stereocenters. The van der Waals surface area contributed by atoms with Gasteiger partial charge in [0.2, 0.25) is 0 Å². The Morgan fingerprint density at radius 2 is 1.89 bits per heavy atom. The molecule has 2 aromatic carbocycles. The summed E-state index contributed by atoms with van der Waals surface area (Å²) in [5.74, 6) is 2.59. The summed E-state index contributed by atoms with van der Waals surface area (Å²) in [4.78, 5) is 12.0. The van der Waals surface area contributed by atoms with E-state index in [1.54, 1.807) is 20.4 Å². The number of imidazole rings is 1. The lowest BCUT2D eigenvalue weighted by Gasteiger charge is -2.10. The van der Waals surface area contributed by atoms with Gasteiger partial charge in [0.15, 0.2) is 17.5 Å². The summed E-state index contributed by atoms with van der Waals surface area (Å²) in [6.45, 7) is 1.06. The number of guanidine groups is 1. The number of H-pyrrole nitrogens is 1. The first-order valence-corrected chi connectivity index (χ1v) is 9.03. The van der Waals surface area contributed by atoms with Gasteiger partial charge in [0.25, 0.3) is 0 Å². The molecule has 0 atom stereocenters. The van der Waals surface area contributed by atoms with Crippen molar-refractivity contribution in [3.8, 4) is 22.8 Å². The van der Waals surface area contributed by atoms with Gasteiger partial charge in [-0.1, -0.05) is 36.4 Å². The minimum absolute atomic E-state index is 0.387. The van der Waals surface area contributed by atoms with Crippen molar-refractivity contribution in [3.05, 3.63) is 66.1 Å². The van der Waals surface area contributed by atoms with Crippen LogP contribution in [0.4, 0.5) is 0 Å². The third kappa shape index (κ3) is 5.03. The van der Waals surface area contributed by atoms with Crippen LogP contribution >= 0.6 is 0 Å². The number of aromatic nitrogens is 2. The Morgan fingerprint density at radius 3 is 2.64 bits per heavy atom. The molecule has 0 aliphatic rings. The maximum Gasteiger partial charge on any atom is 0.189 e. The van der Waals surface area contributed by atoms with Crippen molar-refractivity contribution in [2.75, 3.05) is 20.8 Å². The first-order valence-electron chi connectivity index (χ1n) is 9.03. The summed E-state index contributed by atoms with van der Waals surface area (Å²) in [6, 6.07) is 15.9. The van der Waals surface area contributed by atoms with Gasteiger partial charge in [-0.05, 0) is 29.7 Å². The number of nitrogens with two attached hydrogens (primary N) is 1. The lowest BCUT2D eigenvalue weighted by molar-refractivity contribution is 0.354. The molecule has 0 aliphatic heterocycles. The predicted octanol–water partition coefficient (Wildman–Crippen LogP) is 2.74. The zero-order valence-electron chi connectivity index (χ0n) is 16.1. The van der Waals surface area contributed by atoms with Crippen LogP contribution in [0.1, 0.15) is 11.4 Å². The Hall–Kier alpha value is -3.48. The molecule has 0 amide bonds. The third-order valence-electron chi connectivity index (χ3n) is 4.28. The van der Waals surface area contributed by atoms with Crippen molar-refractivity contribution >= 4 is 5.96 Å². The minimum atomic E-state index is 0.387. The van der Waals surface area contributed by atoms with Gasteiger partial charge in [0, 0.05) is 6.54 Å². The first-order chi connectivity index (χ1) is 13.7. The summed E-state index contributed by atoms with van der Waals surface area (Å²) in [5, 5.41) is 3.12. The average Bonchev–Trinajstić information content (AvgIpc) is 3.22. The van der Waals surface area contributed by atoms with Crippen LogP contribution in [0.25, 0.3) is 11.3 Å². The molecule has 28 heavy (non-hydrogen) atoms. The number of nitrogens with zero attached hydrogens (tertiary/aromatic N) is 2. The maximum atomic E-state index is 5.96. The van der Waals surface area contributed by atoms with E-state index < -0.39 is 0 Å². The lowest BCUT2D eigenvalue weighted by atomic mass is 10.1. The number of rotatable bonds is 8. The zero-order valence-corrected chi connectivity index (χ0v) is 16.1. The molecule has 3 rings (SSSR count). The maximum absolute atomic E-state index is 5.96. The molecule has 0 aliphatic carbocycles. The van der Waals surface area contributed by atoms with E-state index in [-0.39, 0.29) is 0 Å². The minimum Gasteiger partial charge on any atom is -0.493 e. The second kappa shape index (κ2) is 9.45. The topological polar surface area (TPSA) is 97.5 Å². The highest BCUT2D eigenvalue weighted by molar-refractivity contribution is 5.77. The lowest BCUT2D eigenvalue weighted by Crippen LogP contribution is -2.33. The van der Waals surface area contributed by atoms with E-state index in [1.165, 1.54) is 0 Å². The summed E-state index contributed by atoms with van der Waals surface area (Å²) < 4.78 is 10.6. The fraction of sp³-hybridized carbons (Fsp3) is 0.238. The molecule has 1 heterocycles. The molecule has 1 aromatic heterocycles. The van der Waals surface area contributed by atoms with E-state index in [0.717, 1.165) is 29.1 Å². The molecule has 7 heteroatoms. The van der Waals surface area contributed by atoms with Crippen LogP contribution in [0.5, 0.6) is 11.5 Å². The van der Waals surface area contributed by atoms with Gasteiger partial charge in [-0.3, -0.25) is 0 Å². The van der Waals surface area contributed by atoms with E-state index in [4.69, 9.17) is 15.2 Å². The Morgan fingerprint density at radius 1 is 1.11 bits per heavy atom. The quantitative estimate of drug-likeness (QED) is 0.413. The largest absolute Gasteiger partial charge is 0.493 e. The number of methoxy groups -OCH3 is 2. The summed E-state index contributed by atoms with van der Waals surface area (Å²) in [5.41, 5.74) is 9.13. The molecule has 0 saturated heterocycles. The van der Waals surface area contributed by atoms with E-state index in [2.05, 4.69) is 20.3 Å². The van der Waals surface area contributed by atoms with Gasteiger partial charge in [-0.15, -0.1) is 0 Å². The van der Waals surface area contributed by atoms with E-state index in [9.17, 15) is 0 Å². The van der Waals surface area contributed by atoms with Crippen LogP contribution in [0.3, 0.4) is 0 Å². The molecule has 0 saturated carbocycles. The number of aromatic amines is 1. The summed E-state index contributed by atoms with van der Waals surface area (Å²) >= 11 is 0. The average molecular weight is 379 g/mol. The molecule has 0 bridgehead atoms. The Balaban J connectivity index is 1.49. The van der Waals surface area contributed by atoms with E-state index >= 15 is 0 Å². The highest BCUT2D eigenvalue weighted by atomic mass is 16.5. The SMILES string of the molecule is COc1ccc(CCNC(N)=NCc2ncc(-c3ccccc3)[nH]2)cc1OC. The zero-order chi connectivity index (χ0) is 19.8. The third-order valence-corrected chi connectivity index (χ3v) is 4.28. The molecular formula is C21H25N5O2. The van der Waals surface area contributed by atoms with Gasteiger partial charge < -0.3 is 25.5 Å². The molecule has 146 valence electrons. The summed E-state index contributed by atoms with van der Waals surface area (Å²) in [7, 11) is 3.25. The highest BCUT2D eigenvalue weighted by Crippen LogP contribution is 2.27. The van der Waals surface area contributed by atoms with Crippen molar-refractivity contribution in [1.82, 2.24) is 15.3 Å². The van der Waals surface area contributed by atoms with Crippen LogP contribution < -0.4 is 20.5 Å². The highest BCUT2D eigenvalue weighted by Gasteiger charge is 2.05. The molecule has 0 fully saturated rings.